The molecular formula is C9H10N4O4. The highest BCUT2D eigenvalue weighted by Gasteiger charge is 2.19. The quantitative estimate of drug-likeness (QED) is 0.339. The van der Waals surface area contributed by atoms with Gasteiger partial charge in [-0.25, -0.2) is 5.01 Å². The maximum absolute atomic E-state index is 10.8. The molecule has 0 atom stereocenters. The molecule has 0 saturated carbocycles. The number of amidine groups is 1. The Hall–Kier alpha value is -2.51. The summed E-state index contributed by atoms with van der Waals surface area (Å²) in [5, 5.41) is 26.3. The molecule has 0 fully saturated rings. The lowest BCUT2D eigenvalue weighted by molar-refractivity contribution is -0.385. The number of nitro benzene ring substituents is 1. The zero-order chi connectivity index (χ0) is 13.0. The zero-order valence-corrected chi connectivity index (χ0v) is 9.23. The van der Waals surface area contributed by atoms with Gasteiger partial charge in [-0.1, -0.05) is 6.07 Å². The van der Waals surface area contributed by atoms with E-state index in [1.165, 1.54) is 37.3 Å². The van der Waals surface area contributed by atoms with Gasteiger partial charge < -0.3 is 10.1 Å². The van der Waals surface area contributed by atoms with Crippen LogP contribution in [0.3, 0.4) is 0 Å². The predicted octanol–water partition coefficient (Wildman–Crippen LogP) is 1.09. The highest BCUT2D eigenvalue weighted by Crippen LogP contribution is 2.14. The number of rotatable bonds is 3. The molecule has 0 amide bonds. The van der Waals surface area contributed by atoms with Crippen LogP contribution in [0.4, 0.5) is 5.69 Å². The van der Waals surface area contributed by atoms with Gasteiger partial charge >= 0.3 is 5.84 Å². The Bertz CT molecular complexity index is 484. The summed E-state index contributed by atoms with van der Waals surface area (Å²) in [6.45, 7) is 0. The molecule has 0 unspecified atom stereocenters. The highest BCUT2D eigenvalue weighted by atomic mass is 16.6. The van der Waals surface area contributed by atoms with Gasteiger partial charge in [-0.15, -0.1) is 0 Å². The standard InChI is InChI=1S/C9H10N4O4/c1-11(2)10-9(13(16)17)7-4-3-5-8(6-7)12(14)15/h3-6H,1-2H3/b10-9-. The Morgan fingerprint density at radius 1 is 1.29 bits per heavy atom. The van der Waals surface area contributed by atoms with E-state index in [9.17, 15) is 20.2 Å². The number of nitrogens with zero attached hydrogens (tertiary/aromatic N) is 4. The van der Waals surface area contributed by atoms with Crippen LogP contribution < -0.4 is 0 Å². The maximum Gasteiger partial charge on any atom is 0.395 e. The van der Waals surface area contributed by atoms with Crippen LogP contribution in [0.1, 0.15) is 5.56 Å². The van der Waals surface area contributed by atoms with Crippen LogP contribution >= 0.6 is 0 Å². The van der Waals surface area contributed by atoms with Crippen LogP contribution in [0.15, 0.2) is 29.4 Å². The SMILES string of the molecule is CN(C)/N=C(/c1cccc([N+](=O)[O-])c1)[N+](=O)[O-]. The van der Waals surface area contributed by atoms with Gasteiger partial charge in [0.05, 0.1) is 15.6 Å². The first kappa shape index (κ1) is 12.6. The Morgan fingerprint density at radius 2 is 1.94 bits per heavy atom. The van der Waals surface area contributed by atoms with Crippen molar-refractivity contribution in [2.75, 3.05) is 14.1 Å². The summed E-state index contributed by atoms with van der Waals surface area (Å²) in [4.78, 5) is 20.1. The number of hydrogen-bond acceptors (Lipinski definition) is 6. The number of non-ortho nitro benzene ring substituents is 1. The van der Waals surface area contributed by atoms with Crippen molar-refractivity contribution in [3.8, 4) is 0 Å². The van der Waals surface area contributed by atoms with Gasteiger partial charge in [0.15, 0.2) is 0 Å². The fourth-order valence-electron chi connectivity index (χ4n) is 1.15. The first-order valence-electron chi connectivity index (χ1n) is 4.57. The van der Waals surface area contributed by atoms with E-state index in [2.05, 4.69) is 5.10 Å². The lowest BCUT2D eigenvalue weighted by Gasteiger charge is -2.01. The largest absolute Gasteiger partial charge is 0.395 e. The molecule has 0 spiro atoms. The number of nitro groups is 2. The van der Waals surface area contributed by atoms with E-state index in [1.807, 2.05) is 0 Å². The lowest BCUT2D eigenvalue weighted by Crippen LogP contribution is -2.18. The molecule has 0 saturated heterocycles. The van der Waals surface area contributed by atoms with E-state index in [0.29, 0.717) is 0 Å². The molecule has 1 aromatic carbocycles. The average molecular weight is 238 g/mol. The molecule has 0 heterocycles. The molecule has 0 aromatic heterocycles. The maximum atomic E-state index is 10.8. The van der Waals surface area contributed by atoms with Crippen molar-refractivity contribution >= 4 is 11.5 Å². The summed E-state index contributed by atoms with van der Waals surface area (Å²) >= 11 is 0. The molecule has 0 bridgehead atoms. The van der Waals surface area contributed by atoms with E-state index in [1.54, 1.807) is 0 Å². The molecule has 0 aliphatic rings. The second kappa shape index (κ2) is 5.01. The third-order valence-electron chi connectivity index (χ3n) is 1.78. The smallest absolute Gasteiger partial charge is 0.358 e. The van der Waals surface area contributed by atoms with E-state index >= 15 is 0 Å². The second-order valence-electron chi connectivity index (χ2n) is 3.34. The summed E-state index contributed by atoms with van der Waals surface area (Å²) < 4.78 is 0. The molecule has 17 heavy (non-hydrogen) atoms. The van der Waals surface area contributed by atoms with Gasteiger partial charge in [-0.3, -0.25) is 10.1 Å². The summed E-state index contributed by atoms with van der Waals surface area (Å²) in [5.74, 6) is -0.432. The topological polar surface area (TPSA) is 102 Å². The monoisotopic (exact) mass is 238 g/mol. The number of hydrazone groups is 1. The molecule has 0 aliphatic carbocycles. The van der Waals surface area contributed by atoms with Crippen LogP contribution in [-0.2, 0) is 0 Å². The van der Waals surface area contributed by atoms with Gasteiger partial charge in [0.25, 0.3) is 5.69 Å². The van der Waals surface area contributed by atoms with Crippen molar-refractivity contribution in [3.63, 3.8) is 0 Å². The van der Waals surface area contributed by atoms with E-state index < -0.39 is 15.7 Å². The van der Waals surface area contributed by atoms with Crippen LogP contribution in [0.25, 0.3) is 0 Å². The lowest BCUT2D eigenvalue weighted by atomic mass is 10.2. The fraction of sp³-hybridized carbons (Fsp3) is 0.222. The Kier molecular flexibility index (Phi) is 3.70. The first-order valence-corrected chi connectivity index (χ1v) is 4.57. The van der Waals surface area contributed by atoms with E-state index in [0.717, 1.165) is 6.07 Å². The average Bonchev–Trinajstić information content (AvgIpc) is 2.25. The van der Waals surface area contributed by atoms with Gasteiger partial charge in [0.2, 0.25) is 0 Å². The summed E-state index contributed by atoms with van der Waals surface area (Å²) in [6, 6.07) is 5.15. The predicted molar refractivity (Wildman–Crippen MR) is 60.3 cm³/mol. The minimum absolute atomic E-state index is 0.0953. The molecule has 90 valence electrons. The van der Waals surface area contributed by atoms with Crippen LogP contribution in [-0.4, -0.2) is 34.8 Å². The molecule has 0 N–H and O–H groups in total. The number of hydrogen-bond donors (Lipinski definition) is 0. The molecule has 8 heteroatoms. The Morgan fingerprint density at radius 3 is 2.41 bits per heavy atom. The van der Waals surface area contributed by atoms with Crippen molar-refractivity contribution in [2.24, 2.45) is 5.10 Å². The van der Waals surface area contributed by atoms with Crippen LogP contribution in [0.5, 0.6) is 0 Å². The molecule has 1 aromatic rings. The minimum atomic E-state index is -0.681. The third kappa shape index (κ3) is 3.23. The van der Waals surface area contributed by atoms with E-state index in [-0.39, 0.29) is 11.3 Å². The first-order chi connectivity index (χ1) is 7.91. The summed E-state index contributed by atoms with van der Waals surface area (Å²) in [7, 11) is 3.06. The molecular weight excluding hydrogens is 228 g/mol. The van der Waals surface area contributed by atoms with Crippen molar-refractivity contribution in [3.05, 3.63) is 50.1 Å². The van der Waals surface area contributed by atoms with Crippen LogP contribution in [0.2, 0.25) is 0 Å². The molecule has 1 rings (SSSR count). The second-order valence-corrected chi connectivity index (χ2v) is 3.34. The minimum Gasteiger partial charge on any atom is -0.358 e. The van der Waals surface area contributed by atoms with Crippen LogP contribution in [0, 0.1) is 20.2 Å². The normalized spacial score (nSPS) is 11.1. The van der Waals surface area contributed by atoms with Gasteiger partial charge in [0.1, 0.15) is 0 Å². The summed E-state index contributed by atoms with van der Waals surface area (Å²) in [6.07, 6.45) is 0. The van der Waals surface area contributed by atoms with Gasteiger partial charge in [0, 0.05) is 26.2 Å². The third-order valence-corrected chi connectivity index (χ3v) is 1.78. The van der Waals surface area contributed by atoms with Crippen molar-refractivity contribution in [1.82, 2.24) is 5.01 Å². The molecule has 0 aliphatic heterocycles. The Balaban J connectivity index is 3.25. The zero-order valence-electron chi connectivity index (χ0n) is 9.23. The van der Waals surface area contributed by atoms with E-state index in [4.69, 9.17) is 0 Å². The summed E-state index contributed by atoms with van der Waals surface area (Å²) in [5.41, 5.74) is -0.117. The fourth-order valence-corrected chi connectivity index (χ4v) is 1.15. The van der Waals surface area contributed by atoms with Crippen molar-refractivity contribution in [2.45, 2.75) is 0 Å². The van der Waals surface area contributed by atoms with Crippen molar-refractivity contribution < 1.29 is 9.85 Å². The number of benzene rings is 1. The van der Waals surface area contributed by atoms with Gasteiger partial charge in [-0.05, 0) is 11.0 Å². The van der Waals surface area contributed by atoms with Crippen molar-refractivity contribution in [1.29, 1.82) is 0 Å². The molecule has 0 radical (unpaired) electrons. The molecule has 8 nitrogen and oxygen atoms in total. The van der Waals surface area contributed by atoms with Gasteiger partial charge in [-0.2, -0.15) is 0 Å². The Labute approximate surface area is 96.5 Å². The highest BCUT2D eigenvalue weighted by molar-refractivity contribution is 5.92.